The summed E-state index contributed by atoms with van der Waals surface area (Å²) in [6.45, 7) is -0.239. The summed E-state index contributed by atoms with van der Waals surface area (Å²) in [7, 11) is 0. The topological polar surface area (TPSA) is 22.9 Å². The largest absolute Gasteiger partial charge is 0.455 e. The predicted molar refractivity (Wildman–Crippen MR) is 298 cm³/mol. The van der Waals surface area contributed by atoms with Crippen molar-refractivity contribution in [3.63, 3.8) is 0 Å². The van der Waals surface area contributed by atoms with E-state index in [1.54, 1.807) is 0 Å². The van der Waals surface area contributed by atoms with Crippen molar-refractivity contribution in [2.24, 2.45) is 0 Å². The van der Waals surface area contributed by atoms with Crippen LogP contribution in [-0.4, -0.2) is 6.85 Å². The zero-order valence-corrected chi connectivity index (χ0v) is 38.7. The van der Waals surface area contributed by atoms with Crippen molar-refractivity contribution < 1.29 is 4.42 Å². The van der Waals surface area contributed by atoms with Crippen molar-refractivity contribution in [2.45, 2.75) is 0 Å². The van der Waals surface area contributed by atoms with Gasteiger partial charge in [0.25, 0.3) is 0 Å². The van der Waals surface area contributed by atoms with Gasteiger partial charge in [0.15, 0.2) is 0 Å². The molecular weight excluding hydrogens is 862 g/mol. The molecule has 5 heteroatoms. The predicted octanol–water partition coefficient (Wildman–Crippen LogP) is 16.8. The molecule has 2 aliphatic rings. The third kappa shape index (κ3) is 6.77. The van der Waals surface area contributed by atoms with E-state index in [-0.39, 0.29) is 6.85 Å². The van der Waals surface area contributed by atoms with Gasteiger partial charge in [-0.3, -0.25) is 0 Å². The molecule has 0 unspecified atom stereocenters. The van der Waals surface area contributed by atoms with Crippen LogP contribution >= 0.6 is 0 Å². The van der Waals surface area contributed by atoms with E-state index in [1.165, 1.54) is 44.3 Å². The van der Waals surface area contributed by atoms with E-state index in [0.717, 1.165) is 78.6 Å². The van der Waals surface area contributed by atoms with Crippen LogP contribution in [0.1, 0.15) is 0 Å². The van der Waals surface area contributed by atoms with Gasteiger partial charge in [0.1, 0.15) is 11.2 Å². The quantitative estimate of drug-likeness (QED) is 0.142. The number of rotatable bonds is 8. The number of nitrogens with zero attached hydrogens (tertiary/aromatic N) is 3. The molecule has 0 fully saturated rings. The van der Waals surface area contributed by atoms with E-state index in [9.17, 15) is 0 Å². The number of anilines is 8. The van der Waals surface area contributed by atoms with E-state index >= 15 is 0 Å². The minimum atomic E-state index is -0.239. The standard InChI is InChI=1S/C66H44BN3O/c1-6-18-45(19-7-1)48-30-35-53(36-31-48)69-61-40-34-50(47-22-10-3-11-23-47)42-59(61)67-65-62(69)44-57-56-28-16-17-29-63(56)71-66(57)64(65)58-43-55(68(51-24-12-4-13-25-51)52-26-14-5-15-27-52)39-41-60(58)70(67)54-37-32-49(33-38-54)46-20-8-2-9-21-46/h1-44H. The van der Waals surface area contributed by atoms with Crippen LogP contribution in [0.4, 0.5) is 45.5 Å². The summed E-state index contributed by atoms with van der Waals surface area (Å²) in [5.74, 6) is 0. The number of hydrogen-bond acceptors (Lipinski definition) is 4. The molecule has 1 aromatic heterocycles. The van der Waals surface area contributed by atoms with Crippen LogP contribution in [0.25, 0.3) is 66.4 Å². The zero-order chi connectivity index (χ0) is 46.8. The number of fused-ring (bicyclic) bond motifs is 8. The Hall–Kier alpha value is -9.32. The Morgan fingerprint density at radius 3 is 1.45 bits per heavy atom. The highest BCUT2D eigenvalue weighted by Crippen LogP contribution is 2.52. The summed E-state index contributed by atoms with van der Waals surface area (Å²) < 4.78 is 7.19. The van der Waals surface area contributed by atoms with Gasteiger partial charge < -0.3 is 19.0 Å². The Balaban J connectivity index is 1.09. The van der Waals surface area contributed by atoms with Crippen LogP contribution in [-0.2, 0) is 0 Å². The highest BCUT2D eigenvalue weighted by Gasteiger charge is 2.47. The summed E-state index contributed by atoms with van der Waals surface area (Å²) in [5, 5.41) is 2.18. The lowest BCUT2D eigenvalue weighted by atomic mass is 9.43. The van der Waals surface area contributed by atoms with Crippen LogP contribution in [0.15, 0.2) is 271 Å². The molecule has 4 nitrogen and oxygen atoms in total. The van der Waals surface area contributed by atoms with Crippen LogP contribution in [0.5, 0.6) is 0 Å². The van der Waals surface area contributed by atoms with Crippen molar-refractivity contribution in [3.05, 3.63) is 267 Å². The Morgan fingerprint density at radius 2 is 0.845 bits per heavy atom. The molecule has 0 N–H and O–H groups in total. The molecule has 11 aromatic carbocycles. The highest BCUT2D eigenvalue weighted by molar-refractivity contribution is 6.94. The normalized spacial score (nSPS) is 12.4. The van der Waals surface area contributed by atoms with Gasteiger partial charge in [-0.15, -0.1) is 0 Å². The average molecular weight is 906 g/mol. The molecule has 332 valence electrons. The first kappa shape index (κ1) is 40.7. The Kier molecular flexibility index (Phi) is 9.59. The molecule has 0 saturated heterocycles. The molecule has 0 saturated carbocycles. The lowest BCUT2D eigenvalue weighted by Crippen LogP contribution is -2.61. The molecule has 3 heterocycles. The number of para-hydroxylation sites is 3. The molecule has 14 rings (SSSR count). The molecule has 0 spiro atoms. The summed E-state index contributed by atoms with van der Waals surface area (Å²) >= 11 is 0. The first-order valence-electron chi connectivity index (χ1n) is 24.4. The fourth-order valence-electron chi connectivity index (χ4n) is 11.2. The molecule has 71 heavy (non-hydrogen) atoms. The van der Waals surface area contributed by atoms with E-state index in [1.807, 2.05) is 0 Å². The summed E-state index contributed by atoms with van der Waals surface area (Å²) in [6, 6.07) is 96.7. The SMILES string of the molecule is c1ccc(-c2ccc(N3B4c5cc(-c6ccccc6)ccc5N(c5ccc(-c6ccccc6)cc5)c5cc6c(oc7ccccc76)c(c54)-c4cc(N(c5ccccc5)c5ccccc5)ccc43)cc2)cc1. The van der Waals surface area contributed by atoms with Crippen molar-refractivity contribution >= 4 is 85.2 Å². The van der Waals surface area contributed by atoms with Crippen molar-refractivity contribution in [1.29, 1.82) is 0 Å². The second-order valence-corrected chi connectivity index (χ2v) is 18.4. The fourth-order valence-corrected chi connectivity index (χ4v) is 11.2. The fraction of sp³-hybridized carbons (Fsp3) is 0. The minimum absolute atomic E-state index is 0.239. The molecule has 0 aliphatic carbocycles. The van der Waals surface area contributed by atoms with Crippen molar-refractivity contribution in [1.82, 2.24) is 0 Å². The van der Waals surface area contributed by atoms with E-state index in [2.05, 4.69) is 282 Å². The van der Waals surface area contributed by atoms with Gasteiger partial charge in [0.05, 0.1) is 0 Å². The van der Waals surface area contributed by atoms with E-state index in [4.69, 9.17) is 4.42 Å². The van der Waals surface area contributed by atoms with Gasteiger partial charge in [0, 0.05) is 67.4 Å². The van der Waals surface area contributed by atoms with Gasteiger partial charge >= 0.3 is 6.85 Å². The lowest BCUT2D eigenvalue weighted by Gasteiger charge is -2.46. The maximum Gasteiger partial charge on any atom is 0.333 e. The number of furan rings is 1. The number of benzene rings is 11. The average Bonchev–Trinajstić information content (AvgIpc) is 3.83. The van der Waals surface area contributed by atoms with Crippen LogP contribution in [0, 0.1) is 0 Å². The summed E-state index contributed by atoms with van der Waals surface area (Å²) in [4.78, 5) is 7.45. The smallest absolute Gasteiger partial charge is 0.333 e. The van der Waals surface area contributed by atoms with Gasteiger partial charge in [-0.2, -0.15) is 0 Å². The third-order valence-corrected chi connectivity index (χ3v) is 14.4. The van der Waals surface area contributed by atoms with Crippen molar-refractivity contribution in [3.8, 4) is 44.5 Å². The van der Waals surface area contributed by atoms with Gasteiger partial charge in [0.2, 0.25) is 0 Å². The van der Waals surface area contributed by atoms with Crippen molar-refractivity contribution in [2.75, 3.05) is 14.6 Å². The molecular formula is C66H44BN3O. The van der Waals surface area contributed by atoms with Crippen LogP contribution in [0.2, 0.25) is 0 Å². The van der Waals surface area contributed by atoms with Gasteiger partial charge in [-0.1, -0.05) is 182 Å². The molecule has 2 aliphatic heterocycles. The second kappa shape index (κ2) is 16.7. The second-order valence-electron chi connectivity index (χ2n) is 18.4. The van der Waals surface area contributed by atoms with Gasteiger partial charge in [-0.25, -0.2) is 0 Å². The third-order valence-electron chi connectivity index (χ3n) is 14.4. The zero-order valence-electron chi connectivity index (χ0n) is 38.7. The van der Waals surface area contributed by atoms with E-state index in [0.29, 0.717) is 0 Å². The Labute approximate surface area is 413 Å². The highest BCUT2D eigenvalue weighted by atomic mass is 16.3. The maximum absolute atomic E-state index is 7.19. The molecule has 0 amide bonds. The summed E-state index contributed by atoms with van der Waals surface area (Å²) in [6.07, 6.45) is 0. The number of hydrogen-bond donors (Lipinski definition) is 0. The lowest BCUT2D eigenvalue weighted by molar-refractivity contribution is 0.670. The minimum Gasteiger partial charge on any atom is -0.455 e. The molecule has 0 bridgehead atoms. The molecule has 0 radical (unpaired) electrons. The molecule has 12 aromatic rings. The van der Waals surface area contributed by atoms with E-state index < -0.39 is 0 Å². The molecule has 0 atom stereocenters. The first-order valence-corrected chi connectivity index (χ1v) is 24.4. The Morgan fingerprint density at radius 1 is 0.352 bits per heavy atom. The Bertz CT molecular complexity index is 3880. The first-order chi connectivity index (χ1) is 35.2. The maximum atomic E-state index is 7.19. The monoisotopic (exact) mass is 905 g/mol. The summed E-state index contributed by atoms with van der Waals surface area (Å²) in [5.41, 5.74) is 22.2. The van der Waals surface area contributed by atoms with Gasteiger partial charge in [-0.05, 0) is 129 Å². The van der Waals surface area contributed by atoms with Crippen LogP contribution < -0.4 is 25.5 Å². The van der Waals surface area contributed by atoms with Crippen LogP contribution in [0.3, 0.4) is 0 Å².